The second kappa shape index (κ2) is 8.06. The standard InChI is InChI=1S/C25H27FN2O3/c26-19-4-1-3-18(15-19)16-6-8-20(9-7-16)28-23(29)17-10-12-25(13-11-17)22-21(24(30)31-25)5-2-14-27-22/h1-5,14-17,20H,6-13H2,(H,28,29). The summed E-state index contributed by atoms with van der Waals surface area (Å²) >= 11 is 0. The van der Waals surface area contributed by atoms with Gasteiger partial charge in [-0.1, -0.05) is 12.1 Å². The van der Waals surface area contributed by atoms with Crippen molar-refractivity contribution in [2.24, 2.45) is 5.92 Å². The summed E-state index contributed by atoms with van der Waals surface area (Å²) in [5, 5.41) is 3.24. The van der Waals surface area contributed by atoms with Gasteiger partial charge in [-0.05, 0) is 87.1 Å². The number of benzene rings is 1. The van der Waals surface area contributed by atoms with E-state index in [1.807, 2.05) is 6.07 Å². The summed E-state index contributed by atoms with van der Waals surface area (Å²) in [5.74, 6) is -0.0783. The number of carbonyl (C=O) groups excluding carboxylic acids is 2. The van der Waals surface area contributed by atoms with Crippen molar-refractivity contribution in [2.75, 3.05) is 0 Å². The molecule has 1 amide bonds. The first kappa shape index (κ1) is 20.2. The Hall–Kier alpha value is -2.76. The number of nitrogens with one attached hydrogen (secondary N) is 1. The van der Waals surface area contributed by atoms with Crippen LogP contribution in [0.2, 0.25) is 0 Å². The van der Waals surface area contributed by atoms with Gasteiger partial charge in [0.05, 0.1) is 11.3 Å². The maximum absolute atomic E-state index is 13.5. The van der Waals surface area contributed by atoms with Crippen molar-refractivity contribution in [3.05, 3.63) is 65.2 Å². The fourth-order valence-corrected chi connectivity index (χ4v) is 5.55. The number of ether oxygens (including phenoxy) is 1. The van der Waals surface area contributed by atoms with Gasteiger partial charge in [-0.15, -0.1) is 0 Å². The first-order valence-electron chi connectivity index (χ1n) is 11.3. The Kier molecular flexibility index (Phi) is 5.24. The number of halogens is 1. The second-order valence-corrected chi connectivity index (χ2v) is 9.17. The highest BCUT2D eigenvalue weighted by Gasteiger charge is 2.49. The summed E-state index contributed by atoms with van der Waals surface area (Å²) in [7, 11) is 0. The van der Waals surface area contributed by atoms with Crippen molar-refractivity contribution >= 4 is 11.9 Å². The zero-order chi connectivity index (χ0) is 21.4. The van der Waals surface area contributed by atoms with E-state index >= 15 is 0 Å². The lowest BCUT2D eigenvalue weighted by molar-refractivity contribution is -0.129. The first-order valence-corrected chi connectivity index (χ1v) is 11.3. The first-order chi connectivity index (χ1) is 15.0. The maximum atomic E-state index is 13.5. The third-order valence-corrected chi connectivity index (χ3v) is 7.30. The van der Waals surface area contributed by atoms with Crippen LogP contribution in [0.5, 0.6) is 0 Å². The van der Waals surface area contributed by atoms with Crippen LogP contribution >= 0.6 is 0 Å². The van der Waals surface area contributed by atoms with E-state index in [1.165, 1.54) is 6.07 Å². The summed E-state index contributed by atoms with van der Waals surface area (Å²) < 4.78 is 19.2. The minimum atomic E-state index is -0.659. The minimum absolute atomic E-state index is 0.0574. The monoisotopic (exact) mass is 422 g/mol. The van der Waals surface area contributed by atoms with Gasteiger partial charge < -0.3 is 10.1 Å². The molecule has 2 heterocycles. The molecule has 1 spiro atoms. The van der Waals surface area contributed by atoms with Crippen LogP contribution in [-0.2, 0) is 15.1 Å². The summed E-state index contributed by atoms with van der Waals surface area (Å²) in [6.45, 7) is 0. The number of nitrogens with zero attached hydrogens (tertiary/aromatic N) is 1. The van der Waals surface area contributed by atoms with Gasteiger partial charge in [0.15, 0.2) is 5.60 Å². The topological polar surface area (TPSA) is 68.3 Å². The van der Waals surface area contributed by atoms with E-state index in [4.69, 9.17) is 4.74 Å². The Labute approximate surface area is 181 Å². The van der Waals surface area contributed by atoms with E-state index in [9.17, 15) is 14.0 Å². The van der Waals surface area contributed by atoms with Crippen molar-refractivity contribution in [3.63, 3.8) is 0 Å². The Morgan fingerprint density at radius 1 is 1.06 bits per heavy atom. The molecule has 2 fully saturated rings. The van der Waals surface area contributed by atoms with Gasteiger partial charge in [0.2, 0.25) is 5.91 Å². The summed E-state index contributed by atoms with van der Waals surface area (Å²) in [6, 6.07) is 10.6. The van der Waals surface area contributed by atoms with E-state index in [2.05, 4.69) is 10.3 Å². The average Bonchev–Trinajstić information content (AvgIpc) is 3.06. The molecule has 0 atom stereocenters. The molecule has 0 radical (unpaired) electrons. The highest BCUT2D eigenvalue weighted by molar-refractivity contribution is 5.94. The number of amides is 1. The normalized spacial score (nSPS) is 30.0. The molecular formula is C25H27FN2O3. The van der Waals surface area contributed by atoms with Crippen LogP contribution in [0.25, 0.3) is 0 Å². The fraction of sp³-hybridized carbons (Fsp3) is 0.480. The highest BCUT2D eigenvalue weighted by atomic mass is 19.1. The third kappa shape index (κ3) is 3.84. The van der Waals surface area contributed by atoms with Gasteiger partial charge in [-0.25, -0.2) is 9.18 Å². The Morgan fingerprint density at radius 3 is 2.58 bits per heavy atom. The number of rotatable bonds is 3. The molecule has 5 rings (SSSR count). The molecule has 1 aromatic heterocycles. The van der Waals surface area contributed by atoms with Gasteiger partial charge in [0.25, 0.3) is 0 Å². The molecule has 1 N–H and O–H groups in total. The van der Waals surface area contributed by atoms with Gasteiger partial charge in [-0.2, -0.15) is 0 Å². The van der Waals surface area contributed by atoms with E-state index in [0.717, 1.165) is 36.9 Å². The van der Waals surface area contributed by atoms with Crippen LogP contribution in [0.1, 0.15) is 78.9 Å². The SMILES string of the molecule is O=C1OC2(CCC(C(=O)NC3CCC(c4cccc(F)c4)CC3)CC2)c2ncccc21. The fourth-order valence-electron chi connectivity index (χ4n) is 5.55. The van der Waals surface area contributed by atoms with Crippen LogP contribution in [0, 0.1) is 11.7 Å². The number of aromatic nitrogens is 1. The molecule has 6 heteroatoms. The Balaban J connectivity index is 1.14. The van der Waals surface area contributed by atoms with Crippen LogP contribution in [0.15, 0.2) is 42.6 Å². The van der Waals surface area contributed by atoms with E-state index in [0.29, 0.717) is 37.2 Å². The third-order valence-electron chi connectivity index (χ3n) is 7.30. The molecule has 0 bridgehead atoms. The zero-order valence-corrected chi connectivity index (χ0v) is 17.5. The second-order valence-electron chi connectivity index (χ2n) is 9.17. The lowest BCUT2D eigenvalue weighted by Crippen LogP contribution is -2.43. The molecule has 0 unspecified atom stereocenters. The Morgan fingerprint density at radius 2 is 1.84 bits per heavy atom. The van der Waals surface area contributed by atoms with Crippen molar-refractivity contribution in [1.82, 2.24) is 10.3 Å². The molecule has 162 valence electrons. The van der Waals surface area contributed by atoms with Crippen molar-refractivity contribution < 1.29 is 18.7 Å². The number of hydrogen-bond donors (Lipinski definition) is 1. The summed E-state index contributed by atoms with van der Waals surface area (Å²) in [4.78, 5) is 29.5. The van der Waals surface area contributed by atoms with Crippen molar-refractivity contribution in [3.8, 4) is 0 Å². The van der Waals surface area contributed by atoms with E-state index < -0.39 is 5.60 Å². The van der Waals surface area contributed by atoms with Gasteiger partial charge in [0.1, 0.15) is 5.82 Å². The predicted molar refractivity (Wildman–Crippen MR) is 113 cm³/mol. The lowest BCUT2D eigenvalue weighted by atomic mass is 9.76. The molecule has 1 aromatic carbocycles. The predicted octanol–water partition coefficient (Wildman–Crippen LogP) is 4.62. The van der Waals surface area contributed by atoms with Crippen LogP contribution in [0.4, 0.5) is 4.39 Å². The summed E-state index contributed by atoms with van der Waals surface area (Å²) in [5.41, 5.74) is 1.69. The van der Waals surface area contributed by atoms with Gasteiger partial charge >= 0.3 is 5.97 Å². The van der Waals surface area contributed by atoms with Crippen molar-refractivity contribution in [2.45, 2.75) is 68.9 Å². The molecule has 31 heavy (non-hydrogen) atoms. The molecule has 1 aliphatic heterocycles. The lowest BCUT2D eigenvalue weighted by Gasteiger charge is -2.36. The average molecular weight is 423 g/mol. The number of hydrogen-bond acceptors (Lipinski definition) is 4. The van der Waals surface area contributed by atoms with Crippen LogP contribution in [-0.4, -0.2) is 22.9 Å². The quantitative estimate of drug-likeness (QED) is 0.733. The molecule has 2 aromatic rings. The summed E-state index contributed by atoms with van der Waals surface area (Å²) in [6.07, 6.45) is 8.08. The molecule has 0 saturated heterocycles. The van der Waals surface area contributed by atoms with Crippen molar-refractivity contribution in [1.29, 1.82) is 0 Å². The van der Waals surface area contributed by atoms with Crippen LogP contribution < -0.4 is 5.32 Å². The highest BCUT2D eigenvalue weighted by Crippen LogP contribution is 2.47. The molecule has 2 aliphatic carbocycles. The van der Waals surface area contributed by atoms with Gasteiger partial charge in [0, 0.05) is 18.2 Å². The maximum Gasteiger partial charge on any atom is 0.341 e. The number of carbonyl (C=O) groups is 2. The number of pyridine rings is 1. The van der Waals surface area contributed by atoms with E-state index in [-0.39, 0.29) is 29.7 Å². The zero-order valence-electron chi connectivity index (χ0n) is 17.5. The molecule has 5 nitrogen and oxygen atoms in total. The van der Waals surface area contributed by atoms with Crippen LogP contribution in [0.3, 0.4) is 0 Å². The molecular weight excluding hydrogens is 395 g/mol. The molecule has 3 aliphatic rings. The number of esters is 1. The molecule has 2 saturated carbocycles. The van der Waals surface area contributed by atoms with E-state index in [1.54, 1.807) is 30.5 Å². The largest absolute Gasteiger partial charge is 0.449 e. The van der Waals surface area contributed by atoms with Gasteiger partial charge in [-0.3, -0.25) is 9.78 Å². The Bertz CT molecular complexity index is 992. The minimum Gasteiger partial charge on any atom is -0.449 e. The number of fused-ring (bicyclic) bond motifs is 2. The smallest absolute Gasteiger partial charge is 0.341 e.